The number of fused-ring (bicyclic) bond motifs is 6. The van der Waals surface area contributed by atoms with Crippen molar-refractivity contribution in [3.05, 3.63) is 260 Å². The molecule has 8 nitrogen and oxygen atoms in total. The Morgan fingerprint density at radius 3 is 1.22 bits per heavy atom. The van der Waals surface area contributed by atoms with Crippen LogP contribution in [0.4, 0.5) is 0 Å². The monoisotopic (exact) mass is 970 g/mol. The van der Waals surface area contributed by atoms with Crippen LogP contribution in [0.3, 0.4) is 0 Å². The smallest absolute Gasteiger partial charge is 0.166 e. The lowest BCUT2D eigenvalue weighted by Gasteiger charge is -2.17. The van der Waals surface area contributed by atoms with Crippen LogP contribution in [0, 0.1) is 11.3 Å². The van der Waals surface area contributed by atoms with E-state index in [4.69, 9.17) is 24.9 Å². The van der Waals surface area contributed by atoms with Crippen LogP contribution in [0.15, 0.2) is 255 Å². The number of hydrogen-bond acceptors (Lipinski definition) is 6. The molecule has 0 aliphatic heterocycles. The molecule has 0 aliphatic rings. The van der Waals surface area contributed by atoms with Crippen molar-refractivity contribution < 1.29 is 0 Å². The quantitative estimate of drug-likeness (QED) is 0.143. The standard InChI is InChI=1S/C68H42N8/c69-43-44-33-36-64(56(39-44)68-73-66(47-23-9-3-10-24-47)72-67(74-68)48-25-11-4-12-26-48)76-61-32-18-15-29-53(61)55-40-49(34-37-63(55)76)54-41-50(35-38-62(54)75-59-30-16-13-27-51(59)52-28-14-17-31-60(52)75)58-42-57(45-19-5-1-6-20-45)70-65(71-58)46-21-7-2-8-22-46/h1-42H. The highest BCUT2D eigenvalue weighted by molar-refractivity contribution is 6.12. The summed E-state index contributed by atoms with van der Waals surface area (Å²) < 4.78 is 4.67. The van der Waals surface area contributed by atoms with Crippen LogP contribution in [-0.2, 0) is 0 Å². The molecule has 0 atom stereocenters. The Bertz CT molecular complexity index is 4410. The van der Waals surface area contributed by atoms with Gasteiger partial charge in [0.05, 0.1) is 56.5 Å². The molecule has 0 unspecified atom stereocenters. The fourth-order valence-corrected chi connectivity index (χ4v) is 10.7. The molecule has 14 rings (SSSR count). The molecule has 76 heavy (non-hydrogen) atoms. The van der Waals surface area contributed by atoms with Crippen molar-refractivity contribution in [2.45, 2.75) is 0 Å². The first kappa shape index (κ1) is 44.1. The zero-order chi connectivity index (χ0) is 50.5. The number of hydrogen-bond donors (Lipinski definition) is 0. The lowest BCUT2D eigenvalue weighted by Crippen LogP contribution is -2.04. The minimum absolute atomic E-state index is 0.463. The van der Waals surface area contributed by atoms with Gasteiger partial charge in [0.1, 0.15) is 0 Å². The molecule has 0 bridgehead atoms. The normalized spacial score (nSPS) is 11.4. The predicted octanol–water partition coefficient (Wildman–Crippen LogP) is 16.4. The first-order valence-electron chi connectivity index (χ1n) is 25.2. The van der Waals surface area contributed by atoms with Gasteiger partial charge in [0, 0.05) is 60.5 Å². The minimum Gasteiger partial charge on any atom is -0.309 e. The molecule has 10 aromatic carbocycles. The summed E-state index contributed by atoms with van der Waals surface area (Å²) in [6.07, 6.45) is 0. The first-order chi connectivity index (χ1) is 37.6. The van der Waals surface area contributed by atoms with E-state index in [1.165, 1.54) is 10.8 Å². The number of para-hydroxylation sites is 3. The molecule has 0 saturated heterocycles. The van der Waals surface area contributed by atoms with E-state index in [0.717, 1.165) is 94.5 Å². The molecule has 0 N–H and O–H groups in total. The summed E-state index contributed by atoms with van der Waals surface area (Å²) >= 11 is 0. The summed E-state index contributed by atoms with van der Waals surface area (Å²) in [5.41, 5.74) is 15.7. The lowest BCUT2D eigenvalue weighted by molar-refractivity contribution is 1.06. The van der Waals surface area contributed by atoms with Gasteiger partial charge < -0.3 is 9.13 Å². The van der Waals surface area contributed by atoms with Crippen molar-refractivity contribution in [2.75, 3.05) is 0 Å². The lowest BCUT2D eigenvalue weighted by atomic mass is 9.97. The third-order valence-electron chi connectivity index (χ3n) is 14.2. The van der Waals surface area contributed by atoms with Crippen LogP contribution in [0.25, 0.3) is 134 Å². The van der Waals surface area contributed by atoms with Crippen LogP contribution in [0.2, 0.25) is 0 Å². The first-order valence-corrected chi connectivity index (χ1v) is 25.2. The maximum absolute atomic E-state index is 10.4. The fourth-order valence-electron chi connectivity index (χ4n) is 10.7. The molecular weight excluding hydrogens is 929 g/mol. The second kappa shape index (κ2) is 18.5. The zero-order valence-corrected chi connectivity index (χ0v) is 40.8. The van der Waals surface area contributed by atoms with Crippen LogP contribution in [0.5, 0.6) is 0 Å². The molecule has 0 amide bonds. The van der Waals surface area contributed by atoms with E-state index < -0.39 is 0 Å². The average Bonchev–Trinajstić information content (AvgIpc) is 4.11. The predicted molar refractivity (Wildman–Crippen MR) is 307 cm³/mol. The second-order valence-corrected chi connectivity index (χ2v) is 18.8. The highest BCUT2D eigenvalue weighted by atomic mass is 15.1. The van der Waals surface area contributed by atoms with E-state index in [2.05, 4.69) is 155 Å². The number of benzene rings is 10. The van der Waals surface area contributed by atoms with Gasteiger partial charge in [0.15, 0.2) is 23.3 Å². The molecule has 0 saturated carbocycles. The van der Waals surface area contributed by atoms with Crippen molar-refractivity contribution in [1.29, 1.82) is 5.26 Å². The third-order valence-corrected chi connectivity index (χ3v) is 14.2. The topological polar surface area (TPSA) is 98.1 Å². The van der Waals surface area contributed by atoms with Crippen LogP contribution in [0.1, 0.15) is 5.56 Å². The minimum atomic E-state index is 0.463. The maximum atomic E-state index is 10.4. The number of nitrogens with zero attached hydrogens (tertiary/aromatic N) is 8. The highest BCUT2D eigenvalue weighted by Crippen LogP contribution is 2.43. The van der Waals surface area contributed by atoms with Crippen LogP contribution < -0.4 is 0 Å². The second-order valence-electron chi connectivity index (χ2n) is 18.8. The van der Waals surface area contributed by atoms with E-state index in [1.54, 1.807) is 0 Å². The number of rotatable bonds is 9. The van der Waals surface area contributed by atoms with Gasteiger partial charge in [-0.1, -0.05) is 188 Å². The van der Waals surface area contributed by atoms with E-state index >= 15 is 0 Å². The Morgan fingerprint density at radius 1 is 0.276 bits per heavy atom. The molecule has 354 valence electrons. The highest BCUT2D eigenvalue weighted by Gasteiger charge is 2.23. The van der Waals surface area contributed by atoms with Gasteiger partial charge >= 0.3 is 0 Å². The Hall–Kier alpha value is -10.6. The summed E-state index contributed by atoms with van der Waals surface area (Å²) in [4.78, 5) is 25.7. The fraction of sp³-hybridized carbons (Fsp3) is 0. The van der Waals surface area contributed by atoms with Gasteiger partial charge in [-0.2, -0.15) is 5.26 Å². The molecule has 0 aliphatic carbocycles. The Labute approximate surface area is 437 Å². The van der Waals surface area contributed by atoms with Crippen molar-refractivity contribution in [1.82, 2.24) is 34.1 Å². The van der Waals surface area contributed by atoms with Crippen LogP contribution in [-0.4, -0.2) is 34.1 Å². The molecule has 8 heteroatoms. The molecule has 14 aromatic rings. The van der Waals surface area contributed by atoms with E-state index in [1.807, 2.05) is 115 Å². The number of nitriles is 1. The van der Waals surface area contributed by atoms with Crippen molar-refractivity contribution >= 4 is 43.6 Å². The van der Waals surface area contributed by atoms with Gasteiger partial charge in [0.2, 0.25) is 0 Å². The molecular formula is C68H42N8. The molecule has 0 fully saturated rings. The summed E-state index contributed by atoms with van der Waals surface area (Å²) in [5, 5.41) is 14.9. The molecule has 4 heterocycles. The maximum Gasteiger partial charge on any atom is 0.166 e. The summed E-state index contributed by atoms with van der Waals surface area (Å²) in [6.45, 7) is 0. The Kier molecular flexibility index (Phi) is 10.7. The number of aromatic nitrogens is 7. The van der Waals surface area contributed by atoms with Gasteiger partial charge in [-0.05, 0) is 72.3 Å². The van der Waals surface area contributed by atoms with Gasteiger partial charge in [0.25, 0.3) is 0 Å². The molecule has 0 spiro atoms. The summed E-state index contributed by atoms with van der Waals surface area (Å²) in [7, 11) is 0. The Balaban J connectivity index is 1.00. The largest absolute Gasteiger partial charge is 0.309 e. The SMILES string of the molecule is N#Cc1ccc(-n2c3ccccc3c3cc(-c4cc(-c5cc(-c6ccccc6)nc(-c6ccccc6)n5)ccc4-n4c5ccccc5c5ccccc54)ccc32)c(-c2nc(-c3ccccc3)nc(-c3ccccc3)n2)c1. The van der Waals surface area contributed by atoms with Gasteiger partial charge in [-0.3, -0.25) is 0 Å². The van der Waals surface area contributed by atoms with Gasteiger partial charge in [-0.25, -0.2) is 24.9 Å². The van der Waals surface area contributed by atoms with E-state index in [0.29, 0.717) is 34.4 Å². The van der Waals surface area contributed by atoms with Crippen molar-refractivity contribution in [3.63, 3.8) is 0 Å². The summed E-state index contributed by atoms with van der Waals surface area (Å²) in [6, 6.07) is 90.0. The van der Waals surface area contributed by atoms with E-state index in [-0.39, 0.29) is 0 Å². The molecule has 0 radical (unpaired) electrons. The molecule has 4 aromatic heterocycles. The van der Waals surface area contributed by atoms with Crippen molar-refractivity contribution in [2.24, 2.45) is 0 Å². The summed E-state index contributed by atoms with van der Waals surface area (Å²) in [5.74, 6) is 2.21. The van der Waals surface area contributed by atoms with Crippen LogP contribution >= 0.6 is 0 Å². The zero-order valence-electron chi connectivity index (χ0n) is 40.8. The van der Waals surface area contributed by atoms with Gasteiger partial charge in [-0.15, -0.1) is 0 Å². The average molecular weight is 971 g/mol. The van der Waals surface area contributed by atoms with Crippen molar-refractivity contribution in [3.8, 4) is 96.6 Å². The third kappa shape index (κ3) is 7.66. The Morgan fingerprint density at radius 2 is 0.684 bits per heavy atom. The van der Waals surface area contributed by atoms with E-state index in [9.17, 15) is 5.26 Å².